The van der Waals surface area contributed by atoms with E-state index in [1.54, 1.807) is 0 Å². The van der Waals surface area contributed by atoms with Crippen molar-refractivity contribution in [1.82, 2.24) is 0 Å². The summed E-state index contributed by atoms with van der Waals surface area (Å²) in [5.74, 6) is -0.226. The largest absolute Gasteiger partial charge is 0.369 e. The van der Waals surface area contributed by atoms with Crippen molar-refractivity contribution in [3.8, 4) is 0 Å². The lowest BCUT2D eigenvalue weighted by Crippen LogP contribution is -2.21. The van der Waals surface area contributed by atoms with Crippen LogP contribution in [0.1, 0.15) is 11.1 Å². The summed E-state index contributed by atoms with van der Waals surface area (Å²) < 4.78 is 0. The standard InChI is InChI=1S/C10H14N8/c11-9(12)17-15-5-7-3-1-2-4-8(7)6-16-18-10(13)14/h1-6H,(H4,11,12,17)(H4,13,14,18)/b15-5+,16-6+. The zero-order chi connectivity index (χ0) is 13.4. The molecule has 1 aromatic rings. The summed E-state index contributed by atoms with van der Waals surface area (Å²) in [5, 5.41) is 14.4. The second kappa shape index (κ2) is 6.63. The van der Waals surface area contributed by atoms with E-state index in [4.69, 9.17) is 22.9 Å². The summed E-state index contributed by atoms with van der Waals surface area (Å²) in [6.07, 6.45) is 2.99. The first-order valence-corrected chi connectivity index (χ1v) is 4.92. The normalized spacial score (nSPS) is 10.7. The monoisotopic (exact) mass is 246 g/mol. The van der Waals surface area contributed by atoms with Crippen LogP contribution in [-0.2, 0) is 0 Å². The minimum absolute atomic E-state index is 0.113. The lowest BCUT2D eigenvalue weighted by molar-refractivity contribution is 1.21. The Bertz CT molecular complexity index is 459. The molecule has 0 amide bonds. The Labute approximate surface area is 104 Å². The summed E-state index contributed by atoms with van der Waals surface area (Å²) in [6, 6.07) is 7.33. The molecule has 1 rings (SSSR count). The number of hydrogen-bond donors (Lipinski definition) is 4. The highest BCUT2D eigenvalue weighted by Gasteiger charge is 1.95. The predicted molar refractivity (Wildman–Crippen MR) is 73.2 cm³/mol. The van der Waals surface area contributed by atoms with E-state index in [0.29, 0.717) is 0 Å². The maximum atomic E-state index is 5.15. The highest BCUT2D eigenvalue weighted by atomic mass is 15.3. The van der Waals surface area contributed by atoms with Crippen LogP contribution < -0.4 is 22.9 Å². The molecular weight excluding hydrogens is 232 g/mol. The van der Waals surface area contributed by atoms with Crippen LogP contribution in [0.4, 0.5) is 0 Å². The van der Waals surface area contributed by atoms with Gasteiger partial charge in [0.1, 0.15) is 0 Å². The minimum Gasteiger partial charge on any atom is -0.369 e. The van der Waals surface area contributed by atoms with Gasteiger partial charge in [0.25, 0.3) is 0 Å². The van der Waals surface area contributed by atoms with Crippen LogP contribution in [-0.4, -0.2) is 24.3 Å². The Hall–Kier alpha value is -2.90. The zero-order valence-electron chi connectivity index (χ0n) is 9.56. The van der Waals surface area contributed by atoms with E-state index in [1.807, 2.05) is 24.3 Å². The molecule has 1 aromatic carbocycles. The van der Waals surface area contributed by atoms with E-state index >= 15 is 0 Å². The molecule has 0 atom stereocenters. The maximum absolute atomic E-state index is 5.15. The van der Waals surface area contributed by atoms with Crippen molar-refractivity contribution in [1.29, 1.82) is 0 Å². The molecule has 8 nitrogen and oxygen atoms in total. The van der Waals surface area contributed by atoms with Gasteiger partial charge < -0.3 is 22.9 Å². The van der Waals surface area contributed by atoms with Gasteiger partial charge in [0.05, 0.1) is 12.4 Å². The van der Waals surface area contributed by atoms with Gasteiger partial charge in [-0.1, -0.05) is 24.3 Å². The lowest BCUT2D eigenvalue weighted by atomic mass is 10.1. The van der Waals surface area contributed by atoms with Crippen LogP contribution in [0.25, 0.3) is 0 Å². The van der Waals surface area contributed by atoms with Crippen molar-refractivity contribution in [3.05, 3.63) is 35.4 Å². The van der Waals surface area contributed by atoms with Crippen molar-refractivity contribution >= 4 is 24.3 Å². The summed E-state index contributed by atoms with van der Waals surface area (Å²) in [7, 11) is 0. The van der Waals surface area contributed by atoms with E-state index < -0.39 is 0 Å². The Kier molecular flexibility index (Phi) is 4.85. The van der Waals surface area contributed by atoms with Gasteiger partial charge in [-0.25, -0.2) is 0 Å². The van der Waals surface area contributed by atoms with Crippen LogP contribution in [0.5, 0.6) is 0 Å². The molecule has 0 spiro atoms. The molecule has 8 heteroatoms. The quantitative estimate of drug-likeness (QED) is 0.302. The molecule has 18 heavy (non-hydrogen) atoms. The fourth-order valence-electron chi connectivity index (χ4n) is 1.06. The minimum atomic E-state index is -0.113. The first-order valence-electron chi connectivity index (χ1n) is 4.92. The van der Waals surface area contributed by atoms with Gasteiger partial charge in [-0.05, 0) is 0 Å². The number of hydrogen-bond acceptors (Lipinski definition) is 4. The van der Waals surface area contributed by atoms with Crippen LogP contribution in [0.2, 0.25) is 0 Å². The van der Waals surface area contributed by atoms with Gasteiger partial charge in [0.15, 0.2) is 0 Å². The maximum Gasteiger partial charge on any atom is 0.211 e. The Morgan fingerprint density at radius 2 is 1.17 bits per heavy atom. The van der Waals surface area contributed by atoms with Gasteiger partial charge in [0, 0.05) is 11.1 Å². The molecule has 0 radical (unpaired) electrons. The summed E-state index contributed by atoms with van der Waals surface area (Å²) in [5.41, 5.74) is 22.2. The van der Waals surface area contributed by atoms with E-state index in [-0.39, 0.29) is 11.9 Å². The van der Waals surface area contributed by atoms with Crippen LogP contribution in [0, 0.1) is 0 Å². The molecule has 0 unspecified atom stereocenters. The second-order valence-corrected chi connectivity index (χ2v) is 3.17. The van der Waals surface area contributed by atoms with Gasteiger partial charge in [-0.15, -0.1) is 10.2 Å². The van der Waals surface area contributed by atoms with Crippen LogP contribution in [0.15, 0.2) is 44.7 Å². The molecule has 0 heterocycles. The number of nitrogens with two attached hydrogens (primary N) is 4. The molecule has 0 aliphatic carbocycles. The fourth-order valence-corrected chi connectivity index (χ4v) is 1.06. The Morgan fingerprint density at radius 1 is 0.778 bits per heavy atom. The smallest absolute Gasteiger partial charge is 0.211 e. The van der Waals surface area contributed by atoms with Crippen molar-refractivity contribution in [3.63, 3.8) is 0 Å². The fraction of sp³-hybridized carbons (Fsp3) is 0. The third-order valence-electron chi connectivity index (χ3n) is 1.74. The van der Waals surface area contributed by atoms with Gasteiger partial charge >= 0.3 is 0 Å². The number of guanidine groups is 2. The van der Waals surface area contributed by atoms with Crippen molar-refractivity contribution < 1.29 is 0 Å². The number of nitrogens with zero attached hydrogens (tertiary/aromatic N) is 4. The molecule has 0 bridgehead atoms. The van der Waals surface area contributed by atoms with Gasteiger partial charge in [-0.3, -0.25) is 0 Å². The van der Waals surface area contributed by atoms with E-state index in [9.17, 15) is 0 Å². The SMILES string of the molecule is NC(N)=N/N=C/c1ccccc1/C=N/N=C(N)N. The summed E-state index contributed by atoms with van der Waals surface area (Å²) >= 11 is 0. The molecule has 0 fully saturated rings. The number of rotatable bonds is 4. The highest BCUT2D eigenvalue weighted by Crippen LogP contribution is 2.03. The average molecular weight is 246 g/mol. The van der Waals surface area contributed by atoms with E-state index in [0.717, 1.165) is 11.1 Å². The first-order chi connectivity index (χ1) is 8.59. The summed E-state index contributed by atoms with van der Waals surface area (Å²) in [4.78, 5) is 0. The molecule has 94 valence electrons. The van der Waals surface area contributed by atoms with E-state index in [2.05, 4.69) is 20.4 Å². The summed E-state index contributed by atoms with van der Waals surface area (Å²) in [6.45, 7) is 0. The van der Waals surface area contributed by atoms with Crippen LogP contribution >= 0.6 is 0 Å². The second-order valence-electron chi connectivity index (χ2n) is 3.17. The Balaban J connectivity index is 2.93. The van der Waals surface area contributed by atoms with Gasteiger partial charge in [-0.2, -0.15) is 10.2 Å². The molecular formula is C10H14N8. The van der Waals surface area contributed by atoms with E-state index in [1.165, 1.54) is 12.4 Å². The molecule has 0 aliphatic heterocycles. The third kappa shape index (κ3) is 4.75. The average Bonchev–Trinajstić information content (AvgIpc) is 2.30. The molecule has 0 saturated carbocycles. The van der Waals surface area contributed by atoms with Crippen molar-refractivity contribution in [2.45, 2.75) is 0 Å². The van der Waals surface area contributed by atoms with Crippen molar-refractivity contribution in [2.75, 3.05) is 0 Å². The topological polar surface area (TPSA) is 154 Å². The lowest BCUT2D eigenvalue weighted by Gasteiger charge is -1.97. The van der Waals surface area contributed by atoms with Crippen LogP contribution in [0.3, 0.4) is 0 Å². The Morgan fingerprint density at radius 3 is 1.50 bits per heavy atom. The first kappa shape index (κ1) is 13.2. The molecule has 8 N–H and O–H groups in total. The highest BCUT2D eigenvalue weighted by molar-refractivity contribution is 5.94. The molecule has 0 saturated heterocycles. The predicted octanol–water partition coefficient (Wildman–Crippen LogP) is -1.10. The van der Waals surface area contributed by atoms with Gasteiger partial charge in [0.2, 0.25) is 11.9 Å². The third-order valence-corrected chi connectivity index (χ3v) is 1.74. The zero-order valence-corrected chi connectivity index (χ0v) is 9.56. The molecule has 0 aliphatic rings. The molecule has 0 aromatic heterocycles. The number of benzene rings is 1. The van der Waals surface area contributed by atoms with Crippen molar-refractivity contribution in [2.24, 2.45) is 43.3 Å².